The normalized spacial score (nSPS) is 14.8. The SMILES string of the molecule is CCC(C)c1cc(C(C)CC)c(O)cc1C. The first-order chi connectivity index (χ1) is 7.51. The summed E-state index contributed by atoms with van der Waals surface area (Å²) in [6.07, 6.45) is 2.21. The Kier molecular flexibility index (Phi) is 4.40. The molecule has 0 aliphatic rings. The lowest BCUT2D eigenvalue weighted by atomic mass is 9.88. The van der Waals surface area contributed by atoms with Crippen LogP contribution in [0.25, 0.3) is 0 Å². The summed E-state index contributed by atoms with van der Waals surface area (Å²) in [6, 6.07) is 4.12. The number of hydrogen-bond acceptors (Lipinski definition) is 1. The van der Waals surface area contributed by atoms with E-state index in [4.69, 9.17) is 0 Å². The Balaban J connectivity index is 3.21. The van der Waals surface area contributed by atoms with Crippen molar-refractivity contribution < 1.29 is 5.11 Å². The molecule has 0 aliphatic carbocycles. The number of phenols is 1. The maximum atomic E-state index is 9.97. The van der Waals surface area contributed by atoms with Crippen molar-refractivity contribution in [2.75, 3.05) is 0 Å². The van der Waals surface area contributed by atoms with E-state index in [9.17, 15) is 5.11 Å². The summed E-state index contributed by atoms with van der Waals surface area (Å²) in [4.78, 5) is 0. The van der Waals surface area contributed by atoms with Crippen molar-refractivity contribution in [1.29, 1.82) is 0 Å². The Morgan fingerprint density at radius 3 is 2.00 bits per heavy atom. The van der Waals surface area contributed by atoms with Crippen LogP contribution in [-0.4, -0.2) is 5.11 Å². The van der Waals surface area contributed by atoms with Gasteiger partial charge in [0.15, 0.2) is 0 Å². The Bertz CT molecular complexity index is 323. The highest BCUT2D eigenvalue weighted by atomic mass is 16.3. The summed E-state index contributed by atoms with van der Waals surface area (Å²) < 4.78 is 0. The second-order valence-corrected chi connectivity index (χ2v) is 4.89. The van der Waals surface area contributed by atoms with Gasteiger partial charge in [-0.25, -0.2) is 0 Å². The van der Waals surface area contributed by atoms with Gasteiger partial charge in [0.05, 0.1) is 0 Å². The topological polar surface area (TPSA) is 20.2 Å². The molecular weight excluding hydrogens is 196 g/mol. The van der Waals surface area contributed by atoms with Crippen LogP contribution in [0, 0.1) is 6.92 Å². The second-order valence-electron chi connectivity index (χ2n) is 4.89. The van der Waals surface area contributed by atoms with Gasteiger partial charge in [0.1, 0.15) is 5.75 Å². The Labute approximate surface area is 99.5 Å². The number of aromatic hydroxyl groups is 1. The van der Waals surface area contributed by atoms with Crippen molar-refractivity contribution in [3.63, 3.8) is 0 Å². The van der Waals surface area contributed by atoms with E-state index in [0.29, 0.717) is 17.6 Å². The summed E-state index contributed by atoms with van der Waals surface area (Å²) in [5.41, 5.74) is 3.69. The lowest BCUT2D eigenvalue weighted by molar-refractivity contribution is 0.460. The largest absolute Gasteiger partial charge is 0.508 e. The molecule has 0 aliphatic heterocycles. The number of rotatable bonds is 4. The first-order valence-electron chi connectivity index (χ1n) is 6.34. The highest BCUT2D eigenvalue weighted by Gasteiger charge is 2.14. The first kappa shape index (κ1) is 13.1. The minimum atomic E-state index is 0.434. The van der Waals surface area contributed by atoms with Crippen molar-refractivity contribution in [3.05, 3.63) is 28.8 Å². The first-order valence-corrected chi connectivity index (χ1v) is 6.34. The van der Waals surface area contributed by atoms with Crippen LogP contribution in [0.15, 0.2) is 12.1 Å². The highest BCUT2D eigenvalue weighted by molar-refractivity contribution is 5.44. The zero-order valence-electron chi connectivity index (χ0n) is 11.2. The van der Waals surface area contributed by atoms with Gasteiger partial charge in [-0.3, -0.25) is 0 Å². The minimum Gasteiger partial charge on any atom is -0.508 e. The summed E-state index contributed by atoms with van der Waals surface area (Å²) >= 11 is 0. The molecule has 0 fully saturated rings. The quantitative estimate of drug-likeness (QED) is 0.778. The van der Waals surface area contributed by atoms with Crippen molar-refractivity contribution in [1.82, 2.24) is 0 Å². The molecule has 0 saturated heterocycles. The van der Waals surface area contributed by atoms with Crippen LogP contribution in [0.2, 0.25) is 0 Å². The third-order valence-electron chi connectivity index (χ3n) is 3.70. The van der Waals surface area contributed by atoms with E-state index in [1.165, 1.54) is 11.1 Å². The van der Waals surface area contributed by atoms with Gasteiger partial charge in [0.25, 0.3) is 0 Å². The van der Waals surface area contributed by atoms with E-state index in [2.05, 4.69) is 40.7 Å². The monoisotopic (exact) mass is 220 g/mol. The van der Waals surface area contributed by atoms with E-state index >= 15 is 0 Å². The number of hydrogen-bond donors (Lipinski definition) is 1. The summed E-state index contributed by atoms with van der Waals surface area (Å²) in [7, 11) is 0. The molecule has 1 aromatic carbocycles. The molecule has 0 saturated carbocycles. The molecule has 0 aromatic heterocycles. The Hall–Kier alpha value is -0.980. The molecule has 16 heavy (non-hydrogen) atoms. The van der Waals surface area contributed by atoms with Crippen molar-refractivity contribution in [2.45, 2.75) is 59.3 Å². The molecular formula is C15H24O. The van der Waals surface area contributed by atoms with Gasteiger partial charge in [-0.05, 0) is 54.4 Å². The molecule has 2 atom stereocenters. The zero-order chi connectivity index (χ0) is 12.3. The molecule has 1 heteroatoms. The third-order valence-corrected chi connectivity index (χ3v) is 3.70. The van der Waals surface area contributed by atoms with Crippen molar-refractivity contribution >= 4 is 0 Å². The van der Waals surface area contributed by atoms with Gasteiger partial charge >= 0.3 is 0 Å². The van der Waals surface area contributed by atoms with Crippen LogP contribution in [0.4, 0.5) is 0 Å². The van der Waals surface area contributed by atoms with Crippen LogP contribution in [0.3, 0.4) is 0 Å². The van der Waals surface area contributed by atoms with Gasteiger partial charge in [-0.1, -0.05) is 33.8 Å². The van der Waals surface area contributed by atoms with Crippen molar-refractivity contribution in [3.8, 4) is 5.75 Å². The van der Waals surface area contributed by atoms with E-state index in [-0.39, 0.29) is 0 Å². The number of phenolic OH excluding ortho intramolecular Hbond substituents is 1. The van der Waals surface area contributed by atoms with Gasteiger partial charge < -0.3 is 5.11 Å². The fourth-order valence-electron chi connectivity index (χ4n) is 2.09. The average molecular weight is 220 g/mol. The minimum absolute atomic E-state index is 0.434. The molecule has 90 valence electrons. The molecule has 1 nitrogen and oxygen atoms in total. The maximum absolute atomic E-state index is 9.97. The van der Waals surface area contributed by atoms with Crippen LogP contribution >= 0.6 is 0 Å². The predicted octanol–water partition coefficient (Wildman–Crippen LogP) is 4.73. The van der Waals surface area contributed by atoms with Crippen LogP contribution in [0.1, 0.15) is 69.1 Å². The van der Waals surface area contributed by atoms with Crippen LogP contribution in [0.5, 0.6) is 5.75 Å². The van der Waals surface area contributed by atoms with Crippen molar-refractivity contribution in [2.24, 2.45) is 0 Å². The van der Waals surface area contributed by atoms with E-state index < -0.39 is 0 Å². The highest BCUT2D eigenvalue weighted by Crippen LogP contribution is 2.34. The molecule has 2 unspecified atom stereocenters. The smallest absolute Gasteiger partial charge is 0.119 e. The number of benzene rings is 1. The summed E-state index contributed by atoms with van der Waals surface area (Å²) in [5.74, 6) is 1.46. The standard InChI is InChI=1S/C15H24O/c1-6-10(3)13-9-14(11(4)7-2)15(16)8-12(13)5/h8-11,16H,6-7H2,1-5H3. The van der Waals surface area contributed by atoms with Gasteiger partial charge in [-0.15, -0.1) is 0 Å². The molecule has 0 radical (unpaired) electrons. The summed E-state index contributed by atoms with van der Waals surface area (Å²) in [6.45, 7) is 10.9. The molecule has 0 bridgehead atoms. The predicted molar refractivity (Wildman–Crippen MR) is 70.3 cm³/mol. The molecule has 0 amide bonds. The maximum Gasteiger partial charge on any atom is 0.119 e. The molecule has 0 spiro atoms. The molecule has 1 rings (SSSR count). The second kappa shape index (κ2) is 5.38. The van der Waals surface area contributed by atoms with Gasteiger partial charge in [0, 0.05) is 0 Å². The summed E-state index contributed by atoms with van der Waals surface area (Å²) in [5, 5.41) is 9.97. The fraction of sp³-hybridized carbons (Fsp3) is 0.600. The average Bonchev–Trinajstić information content (AvgIpc) is 2.27. The van der Waals surface area contributed by atoms with Gasteiger partial charge in [-0.2, -0.15) is 0 Å². The fourth-order valence-corrected chi connectivity index (χ4v) is 2.09. The van der Waals surface area contributed by atoms with E-state index in [1.54, 1.807) is 0 Å². The Morgan fingerprint density at radius 1 is 1.00 bits per heavy atom. The van der Waals surface area contributed by atoms with E-state index in [1.807, 2.05) is 6.07 Å². The Morgan fingerprint density at radius 2 is 1.50 bits per heavy atom. The molecule has 1 N–H and O–H groups in total. The van der Waals surface area contributed by atoms with E-state index in [0.717, 1.165) is 18.4 Å². The van der Waals surface area contributed by atoms with Crippen LogP contribution < -0.4 is 0 Å². The molecule has 0 heterocycles. The lowest BCUT2D eigenvalue weighted by Gasteiger charge is -2.18. The molecule has 1 aromatic rings. The van der Waals surface area contributed by atoms with Crippen LogP contribution in [-0.2, 0) is 0 Å². The lowest BCUT2D eigenvalue weighted by Crippen LogP contribution is -2.00. The van der Waals surface area contributed by atoms with Gasteiger partial charge in [0.2, 0.25) is 0 Å². The number of aryl methyl sites for hydroxylation is 1. The zero-order valence-corrected chi connectivity index (χ0v) is 11.2. The third kappa shape index (κ3) is 2.58.